The lowest BCUT2D eigenvalue weighted by Crippen LogP contribution is -2.52. The molecule has 0 amide bonds. The second-order valence-electron chi connectivity index (χ2n) is 11.8. The number of carbonyl (C=O) groups excluding carboxylic acids is 1. The molecule has 0 spiro atoms. The van der Waals surface area contributed by atoms with Crippen LogP contribution in [0.4, 0.5) is 5.69 Å². The van der Waals surface area contributed by atoms with Crippen LogP contribution in [0.15, 0.2) is 30.3 Å². The van der Waals surface area contributed by atoms with Gasteiger partial charge in [0.05, 0.1) is 36.1 Å². The number of aromatic amines is 1. The van der Waals surface area contributed by atoms with E-state index in [9.17, 15) is 10.1 Å². The van der Waals surface area contributed by atoms with Gasteiger partial charge in [-0.2, -0.15) is 5.26 Å². The number of nitriles is 1. The van der Waals surface area contributed by atoms with Crippen molar-refractivity contribution in [1.82, 2.24) is 9.88 Å². The summed E-state index contributed by atoms with van der Waals surface area (Å²) in [6, 6.07) is 12.7. The Labute approximate surface area is 223 Å². The minimum Gasteiger partial charge on any atom is -0.486 e. The number of fused-ring (bicyclic) bond motifs is 4. The number of ether oxygens (including phenoxy) is 2. The number of hydrogen-bond acceptors (Lipinski definition) is 6. The van der Waals surface area contributed by atoms with Gasteiger partial charge in [0.2, 0.25) is 0 Å². The predicted molar refractivity (Wildman–Crippen MR) is 146 cm³/mol. The maximum atomic E-state index is 14.1. The fourth-order valence-corrected chi connectivity index (χ4v) is 6.72. The van der Waals surface area contributed by atoms with Gasteiger partial charge in [0.1, 0.15) is 11.9 Å². The van der Waals surface area contributed by atoms with Crippen LogP contribution >= 0.6 is 0 Å². The first-order valence-electron chi connectivity index (χ1n) is 14.0. The first-order chi connectivity index (χ1) is 18.4. The van der Waals surface area contributed by atoms with E-state index in [0.717, 1.165) is 72.2 Å². The summed E-state index contributed by atoms with van der Waals surface area (Å²) in [6.45, 7) is 9.68. The van der Waals surface area contributed by atoms with E-state index in [1.165, 1.54) is 19.3 Å². The van der Waals surface area contributed by atoms with E-state index >= 15 is 0 Å². The van der Waals surface area contributed by atoms with Gasteiger partial charge in [0, 0.05) is 66.2 Å². The Hall–Kier alpha value is -3.34. The second kappa shape index (κ2) is 8.86. The number of benzene rings is 2. The van der Waals surface area contributed by atoms with Gasteiger partial charge in [0.25, 0.3) is 0 Å². The van der Waals surface area contributed by atoms with E-state index in [4.69, 9.17) is 9.47 Å². The Morgan fingerprint density at radius 3 is 2.61 bits per heavy atom. The number of anilines is 1. The summed E-state index contributed by atoms with van der Waals surface area (Å²) >= 11 is 0. The summed E-state index contributed by atoms with van der Waals surface area (Å²) < 4.78 is 12.2. The molecule has 1 atom stereocenters. The lowest BCUT2D eigenvalue weighted by Gasteiger charge is -2.44. The molecule has 1 unspecified atom stereocenters. The molecule has 3 heterocycles. The average Bonchev–Trinajstić information content (AvgIpc) is 3.54. The van der Waals surface area contributed by atoms with Crippen molar-refractivity contribution in [1.29, 1.82) is 5.26 Å². The summed E-state index contributed by atoms with van der Waals surface area (Å²) in [6.07, 6.45) is 4.87. The number of aromatic nitrogens is 1. The van der Waals surface area contributed by atoms with E-state index < -0.39 is 5.41 Å². The van der Waals surface area contributed by atoms with Crippen molar-refractivity contribution in [2.24, 2.45) is 0 Å². The molecule has 7 heteroatoms. The summed E-state index contributed by atoms with van der Waals surface area (Å²) in [5, 5.41) is 10.3. The molecule has 2 saturated heterocycles. The Kier molecular flexibility index (Phi) is 5.54. The molecule has 4 aliphatic rings. The number of carbonyl (C=O) groups is 1. The zero-order valence-corrected chi connectivity index (χ0v) is 22.2. The number of rotatable bonds is 4. The van der Waals surface area contributed by atoms with E-state index in [1.54, 1.807) is 6.07 Å². The molecule has 1 saturated carbocycles. The third kappa shape index (κ3) is 3.65. The van der Waals surface area contributed by atoms with Crippen LogP contribution in [0.3, 0.4) is 0 Å². The van der Waals surface area contributed by atoms with Crippen molar-refractivity contribution < 1.29 is 14.3 Å². The summed E-state index contributed by atoms with van der Waals surface area (Å²) in [5.41, 5.74) is 5.43. The number of nitrogens with zero attached hydrogens (tertiary/aromatic N) is 3. The van der Waals surface area contributed by atoms with Gasteiger partial charge >= 0.3 is 0 Å². The number of hydrogen-bond donors (Lipinski definition) is 1. The Morgan fingerprint density at radius 1 is 1.11 bits per heavy atom. The van der Waals surface area contributed by atoms with E-state index in [1.807, 2.05) is 18.2 Å². The lowest BCUT2D eigenvalue weighted by atomic mass is 9.71. The normalized spacial score (nSPS) is 23.1. The van der Waals surface area contributed by atoms with Gasteiger partial charge < -0.3 is 19.4 Å². The highest BCUT2D eigenvalue weighted by Gasteiger charge is 2.41. The highest BCUT2D eigenvalue weighted by Crippen LogP contribution is 2.47. The molecule has 2 aliphatic heterocycles. The Morgan fingerprint density at radius 2 is 1.92 bits per heavy atom. The number of nitrogens with one attached hydrogen (secondary N) is 1. The van der Waals surface area contributed by atoms with Crippen LogP contribution in [0.25, 0.3) is 10.9 Å². The van der Waals surface area contributed by atoms with Crippen LogP contribution in [-0.4, -0.2) is 67.2 Å². The van der Waals surface area contributed by atoms with Crippen LogP contribution in [0.1, 0.15) is 72.3 Å². The van der Waals surface area contributed by atoms with Crippen molar-refractivity contribution in [3.05, 3.63) is 58.3 Å². The van der Waals surface area contributed by atoms with E-state index in [-0.39, 0.29) is 11.9 Å². The molecule has 1 N–H and O–H groups in total. The van der Waals surface area contributed by atoms with Gasteiger partial charge in [-0.15, -0.1) is 0 Å². The highest BCUT2D eigenvalue weighted by molar-refractivity contribution is 6.20. The van der Waals surface area contributed by atoms with E-state index in [0.29, 0.717) is 29.9 Å². The Balaban J connectivity index is 1.31. The smallest absolute Gasteiger partial charge is 0.195 e. The lowest BCUT2D eigenvalue weighted by molar-refractivity contribution is 0.103. The minimum atomic E-state index is -0.415. The van der Waals surface area contributed by atoms with Crippen LogP contribution < -0.4 is 9.64 Å². The van der Waals surface area contributed by atoms with Gasteiger partial charge in [-0.1, -0.05) is 26.3 Å². The van der Waals surface area contributed by atoms with Gasteiger partial charge in [0.15, 0.2) is 5.78 Å². The molecule has 3 fully saturated rings. The standard InChI is InChI=1S/C31H34N4O3/c1-31(2)24-16-26(35-11-9-34(10-12-35)20-4-3-5-20)27(38-21-8-13-37-18-21)15-23(24)29(36)28-22-7-6-19(17-32)14-25(22)33-30(28)31/h6-7,14-16,20-21,33H,3-5,8-13,18H2,1-2H3. The molecule has 196 valence electrons. The maximum absolute atomic E-state index is 14.1. The van der Waals surface area contributed by atoms with Crippen molar-refractivity contribution in [3.8, 4) is 11.8 Å². The van der Waals surface area contributed by atoms with Crippen molar-refractivity contribution in [2.45, 2.75) is 57.1 Å². The Bertz CT molecular complexity index is 1460. The first-order valence-corrected chi connectivity index (χ1v) is 14.0. The van der Waals surface area contributed by atoms with Gasteiger partial charge in [-0.25, -0.2) is 0 Å². The summed E-state index contributed by atoms with van der Waals surface area (Å²) in [4.78, 5) is 22.7. The van der Waals surface area contributed by atoms with Crippen molar-refractivity contribution in [2.75, 3.05) is 44.3 Å². The zero-order chi connectivity index (χ0) is 26.0. The monoisotopic (exact) mass is 510 g/mol. The zero-order valence-electron chi connectivity index (χ0n) is 22.2. The third-order valence-electron chi connectivity index (χ3n) is 9.22. The van der Waals surface area contributed by atoms with Crippen molar-refractivity contribution in [3.63, 3.8) is 0 Å². The molecular formula is C31H34N4O3. The molecule has 3 aromatic rings. The molecule has 0 radical (unpaired) electrons. The molecule has 1 aromatic heterocycles. The topological polar surface area (TPSA) is 81.6 Å². The summed E-state index contributed by atoms with van der Waals surface area (Å²) in [7, 11) is 0. The molecule has 0 bridgehead atoms. The number of ketones is 1. The maximum Gasteiger partial charge on any atom is 0.195 e. The van der Waals surface area contributed by atoms with Gasteiger partial charge in [-0.05, 0) is 42.7 Å². The first kappa shape index (κ1) is 23.8. The molecule has 2 aromatic carbocycles. The largest absolute Gasteiger partial charge is 0.486 e. The van der Waals surface area contributed by atoms with Crippen molar-refractivity contribution >= 4 is 22.4 Å². The molecular weight excluding hydrogens is 476 g/mol. The quantitative estimate of drug-likeness (QED) is 0.546. The molecule has 38 heavy (non-hydrogen) atoms. The van der Waals surface area contributed by atoms with Crippen LogP contribution in [0.5, 0.6) is 5.75 Å². The van der Waals surface area contributed by atoms with Crippen LogP contribution in [0.2, 0.25) is 0 Å². The SMILES string of the molecule is CC1(C)c2cc(N3CCN(C4CCC4)CC3)c(OC3CCOC3)cc2C(=O)c2c1[nH]c1cc(C#N)ccc21. The van der Waals surface area contributed by atoms with Crippen LogP contribution in [0, 0.1) is 11.3 Å². The second-order valence-corrected chi connectivity index (χ2v) is 11.8. The molecule has 2 aliphatic carbocycles. The molecule has 7 rings (SSSR count). The number of H-pyrrole nitrogens is 1. The fourth-order valence-electron chi connectivity index (χ4n) is 6.72. The highest BCUT2D eigenvalue weighted by atomic mass is 16.5. The van der Waals surface area contributed by atoms with E-state index in [2.05, 4.69) is 40.8 Å². The predicted octanol–water partition coefficient (Wildman–Crippen LogP) is 4.75. The number of piperazine rings is 1. The molecule has 7 nitrogen and oxygen atoms in total. The summed E-state index contributed by atoms with van der Waals surface area (Å²) in [5.74, 6) is 0.801. The minimum absolute atomic E-state index is 0.00261. The van der Waals surface area contributed by atoms with Crippen LogP contribution in [-0.2, 0) is 10.2 Å². The fraction of sp³-hybridized carbons (Fsp3) is 0.484. The third-order valence-corrected chi connectivity index (χ3v) is 9.22. The van der Waals surface area contributed by atoms with Gasteiger partial charge in [-0.3, -0.25) is 9.69 Å². The average molecular weight is 511 g/mol.